The van der Waals surface area contributed by atoms with Crippen molar-refractivity contribution >= 4 is 32.7 Å². The molecule has 3 N–H and O–H groups in total. The van der Waals surface area contributed by atoms with Gasteiger partial charge in [0.05, 0.1) is 17.9 Å². The zero-order valence-electron chi connectivity index (χ0n) is 22.9. The zero-order chi connectivity index (χ0) is 29.2. The van der Waals surface area contributed by atoms with Gasteiger partial charge in [-0.15, -0.1) is 0 Å². The molecule has 4 aromatic carbocycles. The van der Waals surface area contributed by atoms with E-state index in [1.54, 1.807) is 17.0 Å². The second-order valence-electron chi connectivity index (χ2n) is 10.1. The van der Waals surface area contributed by atoms with Gasteiger partial charge in [-0.05, 0) is 58.5 Å². The fourth-order valence-electron chi connectivity index (χ4n) is 4.71. The number of fused-ring (bicyclic) bond motifs is 1. The van der Waals surface area contributed by atoms with Crippen LogP contribution >= 0.6 is 0 Å². The number of rotatable bonds is 14. The number of nitrogens with two attached hydrogens (primary N) is 1. The number of hydrogen-bond donors (Lipinski definition) is 2. The molecule has 41 heavy (non-hydrogen) atoms. The first-order valence-corrected chi connectivity index (χ1v) is 15.1. The van der Waals surface area contributed by atoms with Crippen LogP contribution in [0.4, 0.5) is 0 Å². The smallest absolute Gasteiger partial charge is 0.304 e. The molecule has 0 fully saturated rings. The van der Waals surface area contributed by atoms with Crippen molar-refractivity contribution in [2.75, 3.05) is 26.2 Å². The van der Waals surface area contributed by atoms with Gasteiger partial charge in [0.25, 0.3) is 0 Å². The summed E-state index contributed by atoms with van der Waals surface area (Å²) in [5.74, 6) is -1.00. The lowest BCUT2D eigenvalue weighted by molar-refractivity contribution is -0.138. The molecule has 8 nitrogen and oxygen atoms in total. The van der Waals surface area contributed by atoms with Gasteiger partial charge in [0.15, 0.2) is 0 Å². The van der Waals surface area contributed by atoms with E-state index in [-0.39, 0.29) is 30.3 Å². The Bertz CT molecular complexity index is 1570. The zero-order valence-corrected chi connectivity index (χ0v) is 23.7. The summed E-state index contributed by atoms with van der Waals surface area (Å²) >= 11 is 0. The minimum absolute atomic E-state index is 0.0397. The highest BCUT2D eigenvalue weighted by atomic mass is 32.2. The summed E-state index contributed by atoms with van der Waals surface area (Å²) in [4.78, 5) is 28.8. The number of amides is 1. The molecular formula is C32H35N3O5S. The molecule has 0 saturated carbocycles. The van der Waals surface area contributed by atoms with Crippen molar-refractivity contribution in [3.8, 4) is 0 Å². The predicted molar refractivity (Wildman–Crippen MR) is 160 cm³/mol. The minimum Gasteiger partial charge on any atom is -0.481 e. The van der Waals surface area contributed by atoms with E-state index >= 15 is 0 Å². The quantitative estimate of drug-likeness (QED) is 0.235. The fraction of sp³-hybridized carbons (Fsp3) is 0.250. The molecule has 0 aliphatic carbocycles. The largest absolute Gasteiger partial charge is 0.481 e. The highest BCUT2D eigenvalue weighted by molar-refractivity contribution is 7.89. The van der Waals surface area contributed by atoms with Gasteiger partial charge in [0.1, 0.15) is 0 Å². The van der Waals surface area contributed by atoms with Gasteiger partial charge in [-0.3, -0.25) is 14.5 Å². The third-order valence-corrected chi connectivity index (χ3v) is 7.95. The van der Waals surface area contributed by atoms with Gasteiger partial charge in [0.2, 0.25) is 15.9 Å². The first-order chi connectivity index (χ1) is 19.7. The summed E-state index contributed by atoms with van der Waals surface area (Å²) in [7, 11) is -3.79. The number of carbonyl (C=O) groups excluding carboxylic acids is 1. The average Bonchev–Trinajstić information content (AvgIpc) is 2.96. The van der Waals surface area contributed by atoms with Crippen LogP contribution in [0.3, 0.4) is 0 Å². The second kappa shape index (κ2) is 14.0. The second-order valence-corrected chi connectivity index (χ2v) is 11.7. The lowest BCUT2D eigenvalue weighted by Gasteiger charge is -2.28. The van der Waals surface area contributed by atoms with Crippen LogP contribution in [-0.2, 0) is 39.0 Å². The van der Waals surface area contributed by atoms with Crippen LogP contribution in [0.1, 0.15) is 23.1 Å². The van der Waals surface area contributed by atoms with Crippen molar-refractivity contribution in [2.24, 2.45) is 5.14 Å². The maximum atomic E-state index is 13.7. The standard InChI is InChI=1S/C32H35N3O5S/c33-41(39,40)30-14-11-26(12-15-30)17-21-35(23-27-10-13-28-8-4-5-9-29(28)22-27)31(36)24-34(20-18-32(37)38)19-16-25-6-2-1-3-7-25/h1-15,22H,16-21,23-24H2,(H,37,38)(H2,33,39,40). The lowest BCUT2D eigenvalue weighted by atomic mass is 10.1. The molecule has 0 aliphatic rings. The number of benzene rings is 4. The number of nitrogens with zero attached hydrogens (tertiary/aromatic N) is 2. The molecule has 1 amide bonds. The monoisotopic (exact) mass is 573 g/mol. The normalized spacial score (nSPS) is 11.6. The number of carboxylic acid groups (broad SMARTS) is 1. The fourth-order valence-corrected chi connectivity index (χ4v) is 5.22. The lowest BCUT2D eigenvalue weighted by Crippen LogP contribution is -2.42. The first-order valence-electron chi connectivity index (χ1n) is 13.5. The number of aliphatic carboxylic acids is 1. The van der Waals surface area contributed by atoms with E-state index in [1.807, 2.05) is 71.6 Å². The predicted octanol–water partition coefficient (Wildman–Crippen LogP) is 4.08. The van der Waals surface area contributed by atoms with Crippen LogP contribution in [-0.4, -0.2) is 61.4 Å². The van der Waals surface area contributed by atoms with Crippen molar-refractivity contribution in [3.05, 3.63) is 114 Å². The van der Waals surface area contributed by atoms with Crippen LogP contribution < -0.4 is 5.14 Å². The van der Waals surface area contributed by atoms with E-state index in [1.165, 1.54) is 12.1 Å². The van der Waals surface area contributed by atoms with E-state index in [4.69, 9.17) is 5.14 Å². The van der Waals surface area contributed by atoms with E-state index in [0.717, 1.165) is 27.5 Å². The van der Waals surface area contributed by atoms with Crippen molar-refractivity contribution in [3.63, 3.8) is 0 Å². The maximum Gasteiger partial charge on any atom is 0.304 e. The van der Waals surface area contributed by atoms with Crippen LogP contribution in [0.2, 0.25) is 0 Å². The number of primary sulfonamides is 1. The highest BCUT2D eigenvalue weighted by Gasteiger charge is 2.19. The molecule has 0 spiro atoms. The molecule has 0 radical (unpaired) electrons. The molecule has 0 aromatic heterocycles. The third-order valence-electron chi connectivity index (χ3n) is 7.02. The Kier molecular flexibility index (Phi) is 10.2. The molecular weight excluding hydrogens is 538 g/mol. The summed E-state index contributed by atoms with van der Waals surface area (Å²) < 4.78 is 23.2. The Balaban J connectivity index is 1.51. The number of carboxylic acids is 1. The molecule has 0 unspecified atom stereocenters. The summed E-state index contributed by atoms with van der Waals surface area (Å²) in [6.07, 6.45) is 1.17. The molecule has 0 heterocycles. The Morgan fingerprint density at radius 2 is 1.32 bits per heavy atom. The number of hydrogen-bond acceptors (Lipinski definition) is 5. The topological polar surface area (TPSA) is 121 Å². The van der Waals surface area contributed by atoms with Crippen LogP contribution in [0.5, 0.6) is 0 Å². The Morgan fingerprint density at radius 1 is 0.707 bits per heavy atom. The third kappa shape index (κ3) is 9.24. The van der Waals surface area contributed by atoms with Gasteiger partial charge < -0.3 is 10.0 Å². The van der Waals surface area contributed by atoms with E-state index < -0.39 is 16.0 Å². The molecule has 9 heteroatoms. The van der Waals surface area contributed by atoms with E-state index in [0.29, 0.717) is 32.5 Å². The Labute approximate surface area is 241 Å². The van der Waals surface area contributed by atoms with Crippen LogP contribution in [0.25, 0.3) is 10.8 Å². The van der Waals surface area contributed by atoms with Crippen molar-refractivity contribution < 1.29 is 23.1 Å². The summed E-state index contributed by atoms with van der Waals surface area (Å²) in [6, 6.07) is 30.4. The van der Waals surface area contributed by atoms with Gasteiger partial charge in [-0.1, -0.05) is 78.9 Å². The van der Waals surface area contributed by atoms with E-state index in [2.05, 4.69) is 6.07 Å². The molecule has 0 atom stereocenters. The first kappa shape index (κ1) is 29.9. The summed E-state index contributed by atoms with van der Waals surface area (Å²) in [5.41, 5.74) is 2.99. The molecule has 4 rings (SSSR count). The van der Waals surface area contributed by atoms with Gasteiger partial charge in [-0.25, -0.2) is 13.6 Å². The number of sulfonamides is 1. The molecule has 0 bridgehead atoms. The van der Waals surface area contributed by atoms with Gasteiger partial charge in [-0.2, -0.15) is 0 Å². The highest BCUT2D eigenvalue weighted by Crippen LogP contribution is 2.18. The van der Waals surface area contributed by atoms with Crippen molar-refractivity contribution in [2.45, 2.75) is 30.7 Å². The average molecular weight is 574 g/mol. The maximum absolute atomic E-state index is 13.7. The van der Waals surface area contributed by atoms with Gasteiger partial charge in [0, 0.05) is 26.2 Å². The van der Waals surface area contributed by atoms with Crippen LogP contribution in [0, 0.1) is 0 Å². The summed E-state index contributed by atoms with van der Waals surface area (Å²) in [6.45, 7) is 1.73. The molecule has 214 valence electrons. The summed E-state index contributed by atoms with van der Waals surface area (Å²) in [5, 5.41) is 16.7. The molecule has 0 saturated heterocycles. The number of carbonyl (C=O) groups is 2. The SMILES string of the molecule is NS(=O)(=O)c1ccc(CCN(Cc2ccc3ccccc3c2)C(=O)CN(CCC(=O)O)CCc2ccccc2)cc1. The Morgan fingerprint density at radius 3 is 2.00 bits per heavy atom. The van der Waals surface area contributed by atoms with Crippen LogP contribution in [0.15, 0.2) is 102 Å². The van der Waals surface area contributed by atoms with Crippen molar-refractivity contribution in [1.82, 2.24) is 9.80 Å². The molecule has 0 aliphatic heterocycles. The Hall–Kier alpha value is -4.05. The molecule has 4 aromatic rings. The minimum atomic E-state index is -3.79. The van der Waals surface area contributed by atoms with Crippen molar-refractivity contribution in [1.29, 1.82) is 0 Å². The van der Waals surface area contributed by atoms with E-state index in [9.17, 15) is 23.1 Å². The van der Waals surface area contributed by atoms with Gasteiger partial charge >= 0.3 is 5.97 Å².